The summed E-state index contributed by atoms with van der Waals surface area (Å²) in [5.41, 5.74) is 0. The van der Waals surface area contributed by atoms with E-state index in [4.69, 9.17) is 0 Å². The van der Waals surface area contributed by atoms with Crippen LogP contribution in [0.4, 0.5) is 0 Å². The van der Waals surface area contributed by atoms with Gasteiger partial charge in [-0.3, -0.25) is 0 Å². The topological polar surface area (TPSA) is 20.2 Å². The lowest BCUT2D eigenvalue weighted by molar-refractivity contribution is 0.0793. The molecular formula is C9H20O. The highest BCUT2D eigenvalue weighted by Crippen LogP contribution is 2.22. The molecule has 0 radical (unpaired) electrons. The Bertz CT molecular complexity index is 61.1. The van der Waals surface area contributed by atoms with Crippen LogP contribution in [0.5, 0.6) is 0 Å². The fourth-order valence-electron chi connectivity index (χ4n) is 1.30. The minimum absolute atomic E-state index is 0.00347. The van der Waals surface area contributed by atoms with E-state index in [2.05, 4.69) is 6.92 Å². The molecule has 1 nitrogen and oxygen atoms in total. The lowest BCUT2D eigenvalue weighted by Gasteiger charge is -2.23. The first-order valence-corrected chi connectivity index (χ1v) is 4.49. The van der Waals surface area contributed by atoms with Crippen LogP contribution in [0.1, 0.15) is 46.5 Å². The van der Waals surface area contributed by atoms with E-state index >= 15 is 0 Å². The molecule has 1 aliphatic rings. The Hall–Kier alpha value is -0.0400. The van der Waals surface area contributed by atoms with Gasteiger partial charge in [0, 0.05) is 0 Å². The first kappa shape index (κ1) is 9.96. The molecule has 2 atom stereocenters. The number of hydrogen-bond donors (Lipinski definition) is 1. The summed E-state index contributed by atoms with van der Waals surface area (Å²) in [5.74, 6) is 0.559. The maximum absolute atomic E-state index is 9.18. The molecule has 1 heteroatoms. The smallest absolute Gasteiger partial charge is 0.0565 e. The van der Waals surface area contributed by atoms with Crippen LogP contribution >= 0.6 is 0 Å². The van der Waals surface area contributed by atoms with Crippen LogP contribution in [0.3, 0.4) is 0 Å². The Labute approximate surface area is 64.5 Å². The van der Waals surface area contributed by atoms with Crippen LogP contribution in [0.15, 0.2) is 0 Å². The van der Waals surface area contributed by atoms with Gasteiger partial charge < -0.3 is 5.11 Å². The van der Waals surface area contributed by atoms with Gasteiger partial charge in [0.25, 0.3) is 0 Å². The van der Waals surface area contributed by atoms with Gasteiger partial charge in [-0.15, -0.1) is 0 Å². The predicted octanol–water partition coefficient (Wildman–Crippen LogP) is 2.58. The lowest BCUT2D eigenvalue weighted by atomic mass is 9.88. The fraction of sp³-hybridized carbons (Fsp3) is 1.00. The highest BCUT2D eigenvalue weighted by atomic mass is 16.3. The Kier molecular flexibility index (Phi) is 5.70. The van der Waals surface area contributed by atoms with Gasteiger partial charge in [-0.2, -0.15) is 0 Å². The van der Waals surface area contributed by atoms with Crippen LogP contribution in [-0.2, 0) is 0 Å². The molecule has 0 aromatic heterocycles. The van der Waals surface area contributed by atoms with Crippen LogP contribution in [0.25, 0.3) is 0 Å². The van der Waals surface area contributed by atoms with Crippen LogP contribution < -0.4 is 0 Å². The van der Waals surface area contributed by atoms with Crippen molar-refractivity contribution in [2.75, 3.05) is 0 Å². The number of aliphatic hydroxyl groups excluding tert-OH is 1. The SMILES string of the molecule is CC.CC1CCCCC1O. The molecule has 0 spiro atoms. The van der Waals surface area contributed by atoms with Gasteiger partial charge in [0.2, 0.25) is 0 Å². The third-order valence-electron chi connectivity index (χ3n) is 2.07. The zero-order chi connectivity index (χ0) is 7.98. The number of hydrogen-bond acceptors (Lipinski definition) is 1. The lowest BCUT2D eigenvalue weighted by Crippen LogP contribution is -2.21. The third kappa shape index (κ3) is 3.21. The van der Waals surface area contributed by atoms with E-state index in [1.54, 1.807) is 0 Å². The van der Waals surface area contributed by atoms with Crippen molar-refractivity contribution in [3.8, 4) is 0 Å². The van der Waals surface area contributed by atoms with E-state index < -0.39 is 0 Å². The molecule has 10 heavy (non-hydrogen) atoms. The molecule has 1 saturated carbocycles. The van der Waals surface area contributed by atoms with Gasteiger partial charge >= 0.3 is 0 Å². The Morgan fingerprint density at radius 1 is 1.10 bits per heavy atom. The van der Waals surface area contributed by atoms with Gasteiger partial charge in [0.15, 0.2) is 0 Å². The monoisotopic (exact) mass is 144 g/mol. The van der Waals surface area contributed by atoms with Crippen LogP contribution in [-0.4, -0.2) is 11.2 Å². The molecule has 1 N–H and O–H groups in total. The van der Waals surface area contributed by atoms with E-state index in [0.29, 0.717) is 5.92 Å². The van der Waals surface area contributed by atoms with E-state index in [1.807, 2.05) is 13.8 Å². The first-order valence-electron chi connectivity index (χ1n) is 4.49. The Balaban J connectivity index is 0.000000371. The second kappa shape index (κ2) is 5.72. The molecule has 0 aromatic carbocycles. The predicted molar refractivity (Wildman–Crippen MR) is 45.0 cm³/mol. The molecule has 1 fully saturated rings. The largest absolute Gasteiger partial charge is 0.393 e. The Morgan fingerprint density at radius 3 is 1.90 bits per heavy atom. The molecule has 1 aliphatic carbocycles. The molecule has 0 aromatic rings. The van der Waals surface area contributed by atoms with Crippen molar-refractivity contribution in [2.45, 2.75) is 52.6 Å². The van der Waals surface area contributed by atoms with E-state index in [0.717, 1.165) is 6.42 Å². The molecule has 2 unspecified atom stereocenters. The minimum atomic E-state index is 0.00347. The molecule has 0 saturated heterocycles. The normalized spacial score (nSPS) is 32.4. The fourth-order valence-corrected chi connectivity index (χ4v) is 1.30. The van der Waals surface area contributed by atoms with Crippen molar-refractivity contribution < 1.29 is 5.11 Å². The number of aliphatic hydroxyl groups is 1. The summed E-state index contributed by atoms with van der Waals surface area (Å²) in [4.78, 5) is 0. The highest BCUT2D eigenvalue weighted by molar-refractivity contribution is 4.69. The van der Waals surface area contributed by atoms with E-state index in [9.17, 15) is 5.11 Å². The number of rotatable bonds is 0. The van der Waals surface area contributed by atoms with Gasteiger partial charge in [-0.1, -0.05) is 33.6 Å². The zero-order valence-corrected chi connectivity index (χ0v) is 7.43. The van der Waals surface area contributed by atoms with E-state index in [-0.39, 0.29) is 6.10 Å². The molecule has 0 amide bonds. The first-order chi connectivity index (χ1) is 4.80. The molecule has 0 bridgehead atoms. The summed E-state index contributed by atoms with van der Waals surface area (Å²) in [6.07, 6.45) is 4.80. The molecule has 0 heterocycles. The second-order valence-electron chi connectivity index (χ2n) is 2.83. The zero-order valence-electron chi connectivity index (χ0n) is 7.43. The standard InChI is InChI=1S/C7H14O.C2H6/c1-6-4-2-3-5-7(6)8;1-2/h6-8H,2-5H2,1H3;1-2H3. The third-order valence-corrected chi connectivity index (χ3v) is 2.07. The molecule has 1 rings (SSSR count). The van der Waals surface area contributed by atoms with Gasteiger partial charge in [-0.05, 0) is 18.8 Å². The summed E-state index contributed by atoms with van der Waals surface area (Å²) >= 11 is 0. The maximum Gasteiger partial charge on any atom is 0.0565 e. The average molecular weight is 144 g/mol. The van der Waals surface area contributed by atoms with Crippen LogP contribution in [0, 0.1) is 5.92 Å². The maximum atomic E-state index is 9.18. The van der Waals surface area contributed by atoms with E-state index in [1.165, 1.54) is 19.3 Å². The molecule has 0 aliphatic heterocycles. The van der Waals surface area contributed by atoms with Crippen molar-refractivity contribution in [3.05, 3.63) is 0 Å². The van der Waals surface area contributed by atoms with Crippen LogP contribution in [0.2, 0.25) is 0 Å². The quantitative estimate of drug-likeness (QED) is 0.554. The molecule has 62 valence electrons. The summed E-state index contributed by atoms with van der Waals surface area (Å²) in [5, 5.41) is 9.18. The summed E-state index contributed by atoms with van der Waals surface area (Å²) in [6, 6.07) is 0. The minimum Gasteiger partial charge on any atom is -0.393 e. The van der Waals surface area contributed by atoms with Crippen molar-refractivity contribution in [1.29, 1.82) is 0 Å². The van der Waals surface area contributed by atoms with Gasteiger partial charge in [0.1, 0.15) is 0 Å². The summed E-state index contributed by atoms with van der Waals surface area (Å²) < 4.78 is 0. The van der Waals surface area contributed by atoms with Gasteiger partial charge in [-0.25, -0.2) is 0 Å². The average Bonchev–Trinajstić information content (AvgIpc) is 2.00. The summed E-state index contributed by atoms with van der Waals surface area (Å²) in [6.45, 7) is 6.13. The Morgan fingerprint density at radius 2 is 1.60 bits per heavy atom. The highest BCUT2D eigenvalue weighted by Gasteiger charge is 2.17. The van der Waals surface area contributed by atoms with Crippen molar-refractivity contribution >= 4 is 0 Å². The van der Waals surface area contributed by atoms with Gasteiger partial charge in [0.05, 0.1) is 6.10 Å². The second-order valence-corrected chi connectivity index (χ2v) is 2.83. The summed E-state index contributed by atoms with van der Waals surface area (Å²) in [7, 11) is 0. The van der Waals surface area contributed by atoms with Crippen molar-refractivity contribution in [1.82, 2.24) is 0 Å². The molecular weight excluding hydrogens is 124 g/mol. The van der Waals surface area contributed by atoms with Crippen molar-refractivity contribution in [3.63, 3.8) is 0 Å². The van der Waals surface area contributed by atoms with Crippen molar-refractivity contribution in [2.24, 2.45) is 5.92 Å².